The van der Waals surface area contributed by atoms with Crippen molar-refractivity contribution in [2.24, 2.45) is 0 Å². The summed E-state index contributed by atoms with van der Waals surface area (Å²) >= 11 is -7.88. The van der Waals surface area contributed by atoms with Crippen LogP contribution in [-0.2, 0) is 62.6 Å². The Labute approximate surface area is 70.5 Å². The van der Waals surface area contributed by atoms with Crippen molar-refractivity contribution in [2.75, 3.05) is 0 Å². The second-order valence-electron chi connectivity index (χ2n) is 0.447. The molecule has 0 spiro atoms. The summed E-state index contributed by atoms with van der Waals surface area (Å²) in [6.45, 7) is 0. The Hall–Kier alpha value is 0.808. The van der Waals surface area contributed by atoms with Crippen LogP contribution in [0.25, 0.3) is 0 Å². The third-order valence-corrected chi connectivity index (χ3v) is 0. The van der Waals surface area contributed by atoms with Crippen LogP contribution in [0.5, 0.6) is 0 Å². The quantitative estimate of drug-likeness (QED) is 0.433. The van der Waals surface area contributed by atoms with E-state index in [4.69, 9.17) is 22.8 Å². The molecular formula is CuO6V2. The van der Waals surface area contributed by atoms with Gasteiger partial charge >= 0.3 is 70.6 Å². The molecule has 0 saturated heterocycles. The van der Waals surface area contributed by atoms with Gasteiger partial charge in [0.1, 0.15) is 0 Å². The second-order valence-corrected chi connectivity index (χ2v) is 1.84. The SMILES string of the molecule is [Cu+2].[O]=[V](=[O])[O-].[O]=[V](=[O])[O-]. The molecule has 0 unspecified atom stereocenters. The van der Waals surface area contributed by atoms with Gasteiger partial charge in [-0.25, -0.2) is 0 Å². The third kappa shape index (κ3) is 625. The first kappa shape index (κ1) is 16.4. The summed E-state index contributed by atoms with van der Waals surface area (Å²) < 4.78 is 51.4. The van der Waals surface area contributed by atoms with Crippen LogP contribution in [0.2, 0.25) is 0 Å². The van der Waals surface area contributed by atoms with Gasteiger partial charge in [0.05, 0.1) is 0 Å². The molecule has 6 nitrogen and oxygen atoms in total. The Kier molecular flexibility index (Phi) is 21.1. The van der Waals surface area contributed by atoms with E-state index in [9.17, 15) is 0 Å². The molecule has 0 heterocycles. The van der Waals surface area contributed by atoms with Crippen LogP contribution in [0.15, 0.2) is 0 Å². The summed E-state index contributed by atoms with van der Waals surface area (Å²) in [7, 11) is 0. The molecule has 0 fully saturated rings. The maximum atomic E-state index is 8.56. The summed E-state index contributed by atoms with van der Waals surface area (Å²) in [6, 6.07) is 0. The van der Waals surface area contributed by atoms with Gasteiger partial charge in [0, 0.05) is 0 Å². The molecule has 0 aliphatic rings. The van der Waals surface area contributed by atoms with E-state index in [1.807, 2.05) is 0 Å². The molecule has 0 aliphatic heterocycles. The molecule has 0 amide bonds. The fourth-order valence-corrected chi connectivity index (χ4v) is 0. The normalized spacial score (nSPS) is 5.56. The molecule has 0 aliphatic carbocycles. The molecule has 0 saturated carbocycles. The van der Waals surface area contributed by atoms with Crippen molar-refractivity contribution < 1.29 is 70.6 Å². The summed E-state index contributed by atoms with van der Waals surface area (Å²) in [5, 5.41) is 0. The Morgan fingerprint density at radius 2 is 0.778 bits per heavy atom. The molecule has 1 radical (unpaired) electrons. The summed E-state index contributed by atoms with van der Waals surface area (Å²) in [5.74, 6) is 0. The molecule has 57 valence electrons. The Balaban J connectivity index is -0.0000000720. The first-order valence-electron chi connectivity index (χ1n) is 1.10. The fourth-order valence-electron chi connectivity index (χ4n) is 0. The van der Waals surface area contributed by atoms with Crippen molar-refractivity contribution in [1.82, 2.24) is 0 Å². The van der Waals surface area contributed by atoms with Crippen LogP contribution in [-0.4, -0.2) is 0 Å². The fraction of sp³-hybridized carbons (Fsp3) is 0. The van der Waals surface area contributed by atoms with Gasteiger partial charge in [-0.05, 0) is 0 Å². The Morgan fingerprint density at radius 3 is 0.778 bits per heavy atom. The summed E-state index contributed by atoms with van der Waals surface area (Å²) in [6.07, 6.45) is 0. The predicted molar refractivity (Wildman–Crippen MR) is 2.75 cm³/mol. The van der Waals surface area contributed by atoms with E-state index in [1.165, 1.54) is 0 Å². The van der Waals surface area contributed by atoms with E-state index in [2.05, 4.69) is 0 Å². The van der Waals surface area contributed by atoms with Crippen LogP contribution in [0, 0.1) is 0 Å². The van der Waals surface area contributed by atoms with E-state index in [-0.39, 0.29) is 17.1 Å². The number of hydrogen-bond acceptors (Lipinski definition) is 6. The summed E-state index contributed by atoms with van der Waals surface area (Å²) in [4.78, 5) is 0. The monoisotopic (exact) mass is 261 g/mol. The molecule has 0 aromatic rings. The van der Waals surface area contributed by atoms with Gasteiger partial charge < -0.3 is 0 Å². The first-order valence-corrected chi connectivity index (χ1v) is 4.52. The Bertz CT molecular complexity index is 128. The van der Waals surface area contributed by atoms with Crippen molar-refractivity contribution in [3.8, 4) is 0 Å². The van der Waals surface area contributed by atoms with Crippen molar-refractivity contribution in [3.63, 3.8) is 0 Å². The van der Waals surface area contributed by atoms with Crippen LogP contribution >= 0.6 is 0 Å². The molecule has 0 rings (SSSR count). The zero-order valence-corrected chi connectivity index (χ0v) is 7.38. The molecule has 0 N–H and O–H groups in total. The molecule has 0 atom stereocenters. The van der Waals surface area contributed by atoms with Gasteiger partial charge in [-0.1, -0.05) is 0 Å². The van der Waals surface area contributed by atoms with Gasteiger partial charge in [0.25, 0.3) is 0 Å². The minimum absolute atomic E-state index is 0. The molecule has 0 aromatic carbocycles. The van der Waals surface area contributed by atoms with Crippen LogP contribution in [0.3, 0.4) is 0 Å². The van der Waals surface area contributed by atoms with Gasteiger partial charge in [-0.2, -0.15) is 0 Å². The van der Waals surface area contributed by atoms with Gasteiger partial charge in [-0.15, -0.1) is 0 Å². The average Bonchev–Trinajstić information content (AvgIpc) is 1.25. The predicted octanol–water partition coefficient (Wildman–Crippen LogP) is -2.86. The average molecular weight is 261 g/mol. The molecule has 0 aromatic heterocycles. The van der Waals surface area contributed by atoms with Gasteiger partial charge in [-0.3, -0.25) is 0 Å². The molecule has 9 heavy (non-hydrogen) atoms. The summed E-state index contributed by atoms with van der Waals surface area (Å²) in [5.41, 5.74) is 0. The molecular weight excluding hydrogens is 261 g/mol. The standard InChI is InChI=1S/Cu.6O.2V/q+2;;;;;2*-1;;. The van der Waals surface area contributed by atoms with E-state index >= 15 is 0 Å². The Morgan fingerprint density at radius 1 is 0.778 bits per heavy atom. The van der Waals surface area contributed by atoms with Crippen LogP contribution in [0.1, 0.15) is 0 Å². The van der Waals surface area contributed by atoms with Gasteiger partial charge in [0.2, 0.25) is 0 Å². The molecule has 0 bridgehead atoms. The third-order valence-electron chi connectivity index (χ3n) is 0. The van der Waals surface area contributed by atoms with Gasteiger partial charge in [0.15, 0.2) is 0 Å². The topological polar surface area (TPSA) is 114 Å². The number of hydrogen-bond donors (Lipinski definition) is 0. The van der Waals surface area contributed by atoms with E-state index in [0.717, 1.165) is 0 Å². The van der Waals surface area contributed by atoms with Crippen molar-refractivity contribution in [3.05, 3.63) is 0 Å². The number of rotatable bonds is 0. The van der Waals surface area contributed by atoms with Crippen LogP contribution < -0.4 is 8.06 Å². The van der Waals surface area contributed by atoms with E-state index in [0.29, 0.717) is 0 Å². The first-order chi connectivity index (χ1) is 3.46. The minimum atomic E-state index is -3.94. The van der Waals surface area contributed by atoms with Crippen LogP contribution in [0.4, 0.5) is 0 Å². The zero-order chi connectivity index (χ0) is 7.15. The zero-order valence-electron chi connectivity index (χ0n) is 3.65. The second kappa shape index (κ2) is 11.6. The van der Waals surface area contributed by atoms with Crippen molar-refractivity contribution in [2.45, 2.75) is 0 Å². The van der Waals surface area contributed by atoms with E-state index < -0.39 is 30.8 Å². The van der Waals surface area contributed by atoms with Crippen molar-refractivity contribution >= 4 is 0 Å². The maximum absolute atomic E-state index is 8.56. The van der Waals surface area contributed by atoms with Crippen molar-refractivity contribution in [1.29, 1.82) is 0 Å². The van der Waals surface area contributed by atoms with E-state index in [1.54, 1.807) is 0 Å². The molecule has 9 heteroatoms.